The predicted octanol–water partition coefficient (Wildman–Crippen LogP) is 3.05. The van der Waals surface area contributed by atoms with E-state index in [1.54, 1.807) is 6.92 Å². The Morgan fingerprint density at radius 1 is 1.00 bits per heavy atom. The molecule has 0 radical (unpaired) electrons. The van der Waals surface area contributed by atoms with E-state index < -0.39 is 30.3 Å². The van der Waals surface area contributed by atoms with Gasteiger partial charge in [-0.05, 0) is 56.3 Å². The molecule has 29 heavy (non-hydrogen) atoms. The van der Waals surface area contributed by atoms with Crippen molar-refractivity contribution in [1.29, 1.82) is 0 Å². The number of nitrogens with one attached hydrogen (secondary N) is 2. The number of halogens is 3. The van der Waals surface area contributed by atoms with Crippen molar-refractivity contribution < 1.29 is 37.0 Å². The molecule has 2 rings (SSSR count). The fourth-order valence-corrected chi connectivity index (χ4v) is 2.17. The van der Waals surface area contributed by atoms with E-state index in [0.29, 0.717) is 0 Å². The van der Waals surface area contributed by atoms with Crippen molar-refractivity contribution in [3.63, 3.8) is 0 Å². The molecule has 2 N–H and O–H groups in total. The van der Waals surface area contributed by atoms with Crippen molar-refractivity contribution in [2.45, 2.75) is 26.6 Å². The summed E-state index contributed by atoms with van der Waals surface area (Å²) in [6, 6.07) is 8.68. The second-order valence-corrected chi connectivity index (χ2v) is 5.63. The number of carbonyl (C=O) groups is 2. The van der Waals surface area contributed by atoms with E-state index in [4.69, 9.17) is 9.47 Å². The van der Waals surface area contributed by atoms with Gasteiger partial charge in [-0.3, -0.25) is 20.4 Å². The highest BCUT2D eigenvalue weighted by molar-refractivity contribution is 5.96. The molecule has 1 atom stereocenters. The molecule has 0 bridgehead atoms. The molecule has 0 spiro atoms. The van der Waals surface area contributed by atoms with Gasteiger partial charge in [0.1, 0.15) is 11.6 Å². The zero-order chi connectivity index (χ0) is 21.4. The Balaban J connectivity index is 1.95. The molecular formula is C19H19F3N2O5. The van der Waals surface area contributed by atoms with Crippen molar-refractivity contribution >= 4 is 11.8 Å². The SMILES string of the molecule is CCOc1cc(C(=O)NNC(=O)[C@H](C)Oc2ccc(F)cc2)ccc1OC(F)F. The summed E-state index contributed by atoms with van der Waals surface area (Å²) >= 11 is 0. The normalized spacial score (nSPS) is 11.5. The first kappa shape index (κ1) is 21.9. The van der Waals surface area contributed by atoms with Crippen LogP contribution in [0.25, 0.3) is 0 Å². The zero-order valence-corrected chi connectivity index (χ0v) is 15.6. The highest BCUT2D eigenvalue weighted by atomic mass is 19.3. The number of rotatable bonds is 8. The van der Waals surface area contributed by atoms with Crippen LogP contribution in [0.1, 0.15) is 24.2 Å². The van der Waals surface area contributed by atoms with Crippen LogP contribution in [0.2, 0.25) is 0 Å². The number of ether oxygens (including phenoxy) is 3. The average molecular weight is 412 g/mol. The summed E-state index contributed by atoms with van der Waals surface area (Å²) in [4.78, 5) is 24.2. The van der Waals surface area contributed by atoms with Crippen molar-refractivity contribution in [2.24, 2.45) is 0 Å². The summed E-state index contributed by atoms with van der Waals surface area (Å²) in [5.41, 5.74) is 4.41. The Hall–Kier alpha value is -3.43. The van der Waals surface area contributed by atoms with Crippen LogP contribution in [0, 0.1) is 5.82 Å². The first-order valence-electron chi connectivity index (χ1n) is 8.54. The van der Waals surface area contributed by atoms with Crippen molar-refractivity contribution in [2.75, 3.05) is 6.61 Å². The van der Waals surface area contributed by atoms with E-state index in [0.717, 1.165) is 6.07 Å². The molecule has 156 valence electrons. The van der Waals surface area contributed by atoms with Gasteiger partial charge >= 0.3 is 6.61 Å². The smallest absolute Gasteiger partial charge is 0.387 e. The summed E-state index contributed by atoms with van der Waals surface area (Å²) in [5, 5.41) is 0. The quantitative estimate of drug-likeness (QED) is 0.651. The molecule has 2 aromatic carbocycles. The monoisotopic (exact) mass is 412 g/mol. The van der Waals surface area contributed by atoms with E-state index in [-0.39, 0.29) is 29.4 Å². The van der Waals surface area contributed by atoms with Gasteiger partial charge in [0.05, 0.1) is 6.61 Å². The van der Waals surface area contributed by atoms with Crippen LogP contribution in [-0.2, 0) is 4.79 Å². The van der Waals surface area contributed by atoms with Gasteiger partial charge in [0, 0.05) is 5.56 Å². The van der Waals surface area contributed by atoms with E-state index in [1.165, 1.54) is 43.3 Å². The topological polar surface area (TPSA) is 85.9 Å². The lowest BCUT2D eigenvalue weighted by Gasteiger charge is -2.16. The van der Waals surface area contributed by atoms with Crippen LogP contribution in [-0.4, -0.2) is 31.1 Å². The molecule has 7 nitrogen and oxygen atoms in total. The van der Waals surface area contributed by atoms with Crippen molar-refractivity contribution in [3.05, 3.63) is 53.8 Å². The molecule has 0 aromatic heterocycles. The van der Waals surface area contributed by atoms with Gasteiger partial charge in [-0.2, -0.15) is 8.78 Å². The second-order valence-electron chi connectivity index (χ2n) is 5.63. The van der Waals surface area contributed by atoms with Crippen molar-refractivity contribution in [3.8, 4) is 17.2 Å². The Morgan fingerprint density at radius 3 is 2.31 bits per heavy atom. The number of alkyl halides is 2. The van der Waals surface area contributed by atoms with Gasteiger partial charge < -0.3 is 14.2 Å². The minimum atomic E-state index is -3.05. The van der Waals surface area contributed by atoms with Gasteiger partial charge in [0.2, 0.25) is 0 Å². The maximum Gasteiger partial charge on any atom is 0.387 e. The zero-order valence-electron chi connectivity index (χ0n) is 15.6. The average Bonchev–Trinajstić information content (AvgIpc) is 2.68. The van der Waals surface area contributed by atoms with Crippen LogP contribution in [0.5, 0.6) is 17.2 Å². The lowest BCUT2D eigenvalue weighted by molar-refractivity contribution is -0.128. The van der Waals surface area contributed by atoms with Gasteiger partial charge in [0.25, 0.3) is 11.8 Å². The number of carbonyl (C=O) groups excluding carboxylic acids is 2. The highest BCUT2D eigenvalue weighted by Gasteiger charge is 2.18. The maximum absolute atomic E-state index is 12.9. The second kappa shape index (κ2) is 10.2. The minimum Gasteiger partial charge on any atom is -0.490 e. The Bertz CT molecular complexity index is 846. The standard InChI is InChI=1S/C19H19F3N2O5/c1-3-27-16-10-12(4-9-15(16)29-19(21)22)18(26)24-23-17(25)11(2)28-14-7-5-13(20)6-8-14/h4-11,19H,3H2,1-2H3,(H,23,25)(H,24,26)/t11-/m0/s1. The van der Waals surface area contributed by atoms with Gasteiger partial charge in [0.15, 0.2) is 17.6 Å². The Kier molecular flexibility index (Phi) is 7.70. The van der Waals surface area contributed by atoms with Crippen LogP contribution in [0.15, 0.2) is 42.5 Å². The Morgan fingerprint density at radius 2 is 1.69 bits per heavy atom. The number of hydrazine groups is 1. The summed E-state index contributed by atoms with van der Waals surface area (Å²) in [6.45, 7) is 0.200. The maximum atomic E-state index is 12.9. The molecule has 0 fully saturated rings. The Labute approximate surface area is 164 Å². The summed E-state index contributed by atoms with van der Waals surface area (Å²) in [6.07, 6.45) is -0.985. The lowest BCUT2D eigenvalue weighted by Crippen LogP contribution is -2.47. The summed E-state index contributed by atoms with van der Waals surface area (Å²) in [7, 11) is 0. The van der Waals surface area contributed by atoms with E-state index in [2.05, 4.69) is 15.6 Å². The number of hydrogen-bond donors (Lipinski definition) is 2. The molecule has 0 heterocycles. The van der Waals surface area contributed by atoms with Crippen molar-refractivity contribution in [1.82, 2.24) is 10.9 Å². The van der Waals surface area contributed by atoms with Crippen LogP contribution in [0.4, 0.5) is 13.2 Å². The van der Waals surface area contributed by atoms with E-state index >= 15 is 0 Å². The number of benzene rings is 2. The molecule has 0 aliphatic heterocycles. The fourth-order valence-electron chi connectivity index (χ4n) is 2.17. The molecule has 2 aromatic rings. The van der Waals surface area contributed by atoms with E-state index in [1.807, 2.05) is 0 Å². The van der Waals surface area contributed by atoms with Crippen LogP contribution < -0.4 is 25.1 Å². The first-order chi connectivity index (χ1) is 13.8. The molecular weight excluding hydrogens is 393 g/mol. The molecule has 0 aliphatic rings. The molecule has 10 heteroatoms. The van der Waals surface area contributed by atoms with Gasteiger partial charge in [-0.25, -0.2) is 4.39 Å². The van der Waals surface area contributed by atoms with E-state index in [9.17, 15) is 22.8 Å². The third-order valence-electron chi connectivity index (χ3n) is 3.52. The molecule has 0 saturated carbocycles. The predicted molar refractivity (Wildman–Crippen MR) is 96.3 cm³/mol. The fraction of sp³-hybridized carbons (Fsp3) is 0.263. The van der Waals surface area contributed by atoms with Crippen LogP contribution >= 0.6 is 0 Å². The number of hydrogen-bond acceptors (Lipinski definition) is 5. The first-order valence-corrected chi connectivity index (χ1v) is 8.54. The third-order valence-corrected chi connectivity index (χ3v) is 3.52. The highest BCUT2D eigenvalue weighted by Crippen LogP contribution is 2.29. The summed E-state index contributed by atoms with van der Waals surface area (Å²) < 4.78 is 52.6. The number of amides is 2. The van der Waals surface area contributed by atoms with Gasteiger partial charge in [-0.1, -0.05) is 0 Å². The largest absolute Gasteiger partial charge is 0.490 e. The molecule has 0 aliphatic carbocycles. The molecule has 0 saturated heterocycles. The molecule has 0 unspecified atom stereocenters. The lowest BCUT2D eigenvalue weighted by atomic mass is 10.2. The summed E-state index contributed by atoms with van der Waals surface area (Å²) in [5.74, 6) is -1.81. The third kappa shape index (κ3) is 6.59. The van der Waals surface area contributed by atoms with Crippen LogP contribution in [0.3, 0.4) is 0 Å². The minimum absolute atomic E-state index is 0.0419. The van der Waals surface area contributed by atoms with Gasteiger partial charge in [-0.15, -0.1) is 0 Å². The molecule has 2 amide bonds.